The zero-order valence-corrected chi connectivity index (χ0v) is 9.65. The molecule has 1 aromatic carbocycles. The first kappa shape index (κ1) is 13.2. The third-order valence-corrected chi connectivity index (χ3v) is 3.35. The summed E-state index contributed by atoms with van der Waals surface area (Å²) in [5.74, 6) is -0.403. The van der Waals surface area contributed by atoms with Crippen molar-refractivity contribution in [3.8, 4) is 0 Å². The number of benzene rings is 1. The molecule has 18 heavy (non-hydrogen) atoms. The van der Waals surface area contributed by atoms with Crippen LogP contribution in [0.2, 0.25) is 0 Å². The molecule has 0 spiro atoms. The van der Waals surface area contributed by atoms with Gasteiger partial charge in [-0.05, 0) is 24.3 Å². The van der Waals surface area contributed by atoms with Gasteiger partial charge in [-0.15, -0.1) is 0 Å². The second-order valence-electron chi connectivity index (χ2n) is 4.36. The Morgan fingerprint density at radius 3 is 1.78 bits per heavy atom. The predicted octanol–water partition coefficient (Wildman–Crippen LogP) is -0.911. The zero-order valence-electron chi connectivity index (χ0n) is 9.65. The van der Waals surface area contributed by atoms with Gasteiger partial charge in [0.15, 0.2) is 0 Å². The van der Waals surface area contributed by atoms with Crippen molar-refractivity contribution in [2.75, 3.05) is 18.1 Å². The van der Waals surface area contributed by atoms with Crippen LogP contribution in [0.1, 0.15) is 0 Å². The molecule has 1 heterocycles. The molecule has 0 bridgehead atoms. The summed E-state index contributed by atoms with van der Waals surface area (Å²) < 4.78 is 12.9. The van der Waals surface area contributed by atoms with Gasteiger partial charge in [-0.3, -0.25) is 0 Å². The molecule has 1 fully saturated rings. The first-order valence-electron chi connectivity index (χ1n) is 5.72. The normalized spacial score (nSPS) is 31.9. The van der Waals surface area contributed by atoms with Gasteiger partial charge in [-0.1, -0.05) is 0 Å². The first-order valence-corrected chi connectivity index (χ1v) is 5.72. The summed E-state index contributed by atoms with van der Waals surface area (Å²) in [7, 11) is 0. The van der Waals surface area contributed by atoms with Crippen molar-refractivity contribution >= 4 is 5.69 Å². The minimum atomic E-state index is -1.16. The zero-order chi connectivity index (χ0) is 13.3. The van der Waals surface area contributed by atoms with E-state index in [-0.39, 0.29) is 13.2 Å². The summed E-state index contributed by atoms with van der Waals surface area (Å²) in [4.78, 5) is 1.52. The van der Waals surface area contributed by atoms with Gasteiger partial charge in [0.1, 0.15) is 18.0 Å². The van der Waals surface area contributed by atoms with Crippen molar-refractivity contribution in [2.24, 2.45) is 0 Å². The van der Waals surface area contributed by atoms with E-state index in [1.807, 2.05) is 0 Å². The van der Waals surface area contributed by atoms with Crippen LogP contribution < -0.4 is 4.90 Å². The van der Waals surface area contributed by atoms with Crippen LogP contribution in [0.4, 0.5) is 10.1 Å². The van der Waals surface area contributed by atoms with Gasteiger partial charge in [0, 0.05) is 5.69 Å². The van der Waals surface area contributed by atoms with E-state index < -0.39 is 30.1 Å². The van der Waals surface area contributed by atoms with Crippen LogP contribution >= 0.6 is 0 Å². The number of hydrogen-bond acceptors (Lipinski definition) is 5. The molecule has 1 aliphatic heterocycles. The maximum absolute atomic E-state index is 12.9. The first-order chi connectivity index (χ1) is 8.60. The van der Waals surface area contributed by atoms with E-state index in [1.165, 1.54) is 29.2 Å². The Hall–Kier alpha value is -1.21. The van der Waals surface area contributed by atoms with E-state index >= 15 is 0 Å². The Kier molecular flexibility index (Phi) is 3.82. The molecule has 1 aromatic rings. The number of rotatable bonds is 3. The summed E-state index contributed by atoms with van der Waals surface area (Å²) in [5.41, 5.74) is 0.533. The van der Waals surface area contributed by atoms with Gasteiger partial charge in [-0.25, -0.2) is 4.39 Å². The fraction of sp³-hybridized carbons (Fsp3) is 0.500. The number of halogens is 1. The highest BCUT2D eigenvalue weighted by Crippen LogP contribution is 2.31. The van der Waals surface area contributed by atoms with Crippen molar-refractivity contribution < 1.29 is 24.8 Å². The SMILES string of the molecule is OC[C@H]1[C@@H](O)[C@H](O)[C@H](CO)N1c1ccc(F)cc1. The number of nitrogens with zero attached hydrogens (tertiary/aromatic N) is 1. The smallest absolute Gasteiger partial charge is 0.123 e. The van der Waals surface area contributed by atoms with E-state index in [9.17, 15) is 24.8 Å². The Morgan fingerprint density at radius 1 is 0.944 bits per heavy atom. The molecule has 5 nitrogen and oxygen atoms in total. The maximum Gasteiger partial charge on any atom is 0.123 e. The van der Waals surface area contributed by atoms with Crippen LogP contribution in [0, 0.1) is 5.82 Å². The van der Waals surface area contributed by atoms with Crippen molar-refractivity contribution in [1.82, 2.24) is 0 Å². The second-order valence-corrected chi connectivity index (χ2v) is 4.36. The molecule has 0 amide bonds. The number of hydrogen-bond donors (Lipinski definition) is 4. The largest absolute Gasteiger partial charge is 0.394 e. The van der Waals surface area contributed by atoms with Gasteiger partial charge in [0.25, 0.3) is 0 Å². The van der Waals surface area contributed by atoms with Gasteiger partial charge in [-0.2, -0.15) is 0 Å². The van der Waals surface area contributed by atoms with Crippen LogP contribution in [-0.2, 0) is 0 Å². The van der Waals surface area contributed by atoms with Crippen LogP contribution in [0.15, 0.2) is 24.3 Å². The molecule has 4 N–H and O–H groups in total. The van der Waals surface area contributed by atoms with E-state index in [0.717, 1.165) is 0 Å². The minimum absolute atomic E-state index is 0.369. The molecule has 2 rings (SSSR count). The van der Waals surface area contributed by atoms with Gasteiger partial charge in [0.05, 0.1) is 25.3 Å². The number of aliphatic hydroxyl groups excluding tert-OH is 4. The van der Waals surface area contributed by atoms with Crippen molar-refractivity contribution in [3.05, 3.63) is 30.1 Å². The molecular formula is C12H16FNO4. The Bertz CT molecular complexity index is 384. The fourth-order valence-electron chi connectivity index (χ4n) is 2.42. The highest BCUT2D eigenvalue weighted by molar-refractivity contribution is 5.51. The molecule has 0 aliphatic carbocycles. The van der Waals surface area contributed by atoms with E-state index in [4.69, 9.17) is 0 Å². The fourth-order valence-corrected chi connectivity index (χ4v) is 2.42. The summed E-state index contributed by atoms with van der Waals surface area (Å²) >= 11 is 0. The predicted molar refractivity (Wildman–Crippen MR) is 62.6 cm³/mol. The highest BCUT2D eigenvalue weighted by atomic mass is 19.1. The third-order valence-electron chi connectivity index (χ3n) is 3.35. The summed E-state index contributed by atoms with van der Waals surface area (Å²) in [6.45, 7) is -0.738. The molecule has 0 radical (unpaired) electrons. The van der Waals surface area contributed by atoms with Gasteiger partial charge in [0.2, 0.25) is 0 Å². The van der Waals surface area contributed by atoms with Crippen molar-refractivity contribution in [3.63, 3.8) is 0 Å². The van der Waals surface area contributed by atoms with E-state index in [0.29, 0.717) is 5.69 Å². The van der Waals surface area contributed by atoms with Crippen LogP contribution in [0.25, 0.3) is 0 Å². The van der Waals surface area contributed by atoms with Gasteiger partial charge < -0.3 is 25.3 Å². The van der Waals surface area contributed by atoms with Crippen LogP contribution in [0.5, 0.6) is 0 Å². The van der Waals surface area contributed by atoms with Crippen molar-refractivity contribution in [2.45, 2.75) is 24.3 Å². The Labute approximate surface area is 104 Å². The lowest BCUT2D eigenvalue weighted by Crippen LogP contribution is -2.43. The highest BCUT2D eigenvalue weighted by Gasteiger charge is 2.46. The molecule has 0 unspecified atom stereocenters. The number of aliphatic hydroxyl groups is 4. The maximum atomic E-state index is 12.9. The monoisotopic (exact) mass is 257 g/mol. The van der Waals surface area contributed by atoms with Gasteiger partial charge >= 0.3 is 0 Å². The Morgan fingerprint density at radius 2 is 1.39 bits per heavy atom. The summed E-state index contributed by atoms with van der Waals surface area (Å²) in [6.07, 6.45) is -2.31. The number of anilines is 1. The summed E-state index contributed by atoms with van der Waals surface area (Å²) in [5, 5.41) is 38.2. The standard InChI is InChI=1S/C12H16FNO4/c13-7-1-3-8(4-2-7)14-9(5-15)11(17)12(18)10(14)6-16/h1-4,9-12,15-18H,5-6H2/t9-,10-,11+,12+/m0/s1. The quantitative estimate of drug-likeness (QED) is 0.563. The molecule has 1 saturated heterocycles. The van der Waals surface area contributed by atoms with Crippen LogP contribution in [0.3, 0.4) is 0 Å². The lowest BCUT2D eigenvalue weighted by atomic mass is 10.1. The molecule has 0 aromatic heterocycles. The molecule has 100 valence electrons. The lowest BCUT2D eigenvalue weighted by Gasteiger charge is -2.30. The van der Waals surface area contributed by atoms with Crippen molar-refractivity contribution in [1.29, 1.82) is 0 Å². The molecule has 1 aliphatic rings. The van der Waals surface area contributed by atoms with E-state index in [1.54, 1.807) is 0 Å². The minimum Gasteiger partial charge on any atom is -0.394 e. The molecular weight excluding hydrogens is 241 g/mol. The molecule has 4 atom stereocenters. The molecule has 0 saturated carbocycles. The summed E-state index contributed by atoms with van der Waals surface area (Å²) in [6, 6.07) is 4.01. The lowest BCUT2D eigenvalue weighted by molar-refractivity contribution is 0.0130. The Balaban J connectivity index is 2.35. The van der Waals surface area contributed by atoms with Crippen LogP contribution in [-0.4, -0.2) is 57.9 Å². The average Bonchev–Trinajstić information content (AvgIpc) is 2.62. The third kappa shape index (κ3) is 2.08. The van der Waals surface area contributed by atoms with E-state index in [2.05, 4.69) is 0 Å². The molecule has 6 heteroatoms. The average molecular weight is 257 g/mol. The topological polar surface area (TPSA) is 84.2 Å². The second kappa shape index (κ2) is 5.19.